The molecule has 1 aromatic carbocycles. The molecule has 0 bridgehead atoms. The summed E-state index contributed by atoms with van der Waals surface area (Å²) in [5.74, 6) is -1.74. The molecule has 1 fully saturated rings. The van der Waals surface area contributed by atoms with Crippen LogP contribution in [0, 0.1) is 11.6 Å². The Morgan fingerprint density at radius 3 is 2.74 bits per heavy atom. The number of hydrogen-bond donors (Lipinski definition) is 1. The first kappa shape index (κ1) is 17.8. The van der Waals surface area contributed by atoms with Gasteiger partial charge in [0.05, 0.1) is 6.10 Å². The van der Waals surface area contributed by atoms with Gasteiger partial charge in [0.1, 0.15) is 0 Å². The van der Waals surface area contributed by atoms with E-state index in [9.17, 15) is 13.6 Å². The van der Waals surface area contributed by atoms with Crippen LogP contribution in [0.25, 0.3) is 0 Å². The van der Waals surface area contributed by atoms with Crippen LogP contribution >= 0.6 is 0 Å². The van der Waals surface area contributed by atoms with Gasteiger partial charge in [-0.05, 0) is 43.9 Å². The number of piperidine rings is 1. The van der Waals surface area contributed by atoms with Crippen molar-refractivity contribution in [1.29, 1.82) is 0 Å². The van der Waals surface area contributed by atoms with E-state index in [1.54, 1.807) is 4.90 Å². The van der Waals surface area contributed by atoms with Crippen LogP contribution in [0.5, 0.6) is 0 Å². The van der Waals surface area contributed by atoms with E-state index in [0.29, 0.717) is 26.2 Å². The second-order valence-electron chi connectivity index (χ2n) is 5.81. The minimum atomic E-state index is -0.870. The number of ether oxygens (including phenoxy) is 1. The lowest BCUT2D eigenvalue weighted by Gasteiger charge is -2.32. The van der Waals surface area contributed by atoms with Gasteiger partial charge < -0.3 is 15.4 Å². The van der Waals surface area contributed by atoms with Crippen LogP contribution in [0.1, 0.15) is 31.2 Å². The fourth-order valence-corrected chi connectivity index (χ4v) is 2.75. The maximum Gasteiger partial charge on any atom is 0.222 e. The molecule has 0 aromatic heterocycles. The van der Waals surface area contributed by atoms with Crippen molar-refractivity contribution in [2.75, 3.05) is 26.2 Å². The first-order valence-electron chi connectivity index (χ1n) is 8.14. The van der Waals surface area contributed by atoms with Gasteiger partial charge >= 0.3 is 0 Å². The van der Waals surface area contributed by atoms with E-state index in [4.69, 9.17) is 10.5 Å². The van der Waals surface area contributed by atoms with E-state index in [1.807, 2.05) is 0 Å². The Labute approximate surface area is 135 Å². The lowest BCUT2D eigenvalue weighted by molar-refractivity contribution is -0.133. The molecule has 0 saturated carbocycles. The molecule has 1 saturated heterocycles. The van der Waals surface area contributed by atoms with E-state index >= 15 is 0 Å². The largest absolute Gasteiger partial charge is 0.378 e. The van der Waals surface area contributed by atoms with Crippen molar-refractivity contribution < 1.29 is 18.3 Å². The summed E-state index contributed by atoms with van der Waals surface area (Å²) in [6.07, 6.45) is 3.06. The van der Waals surface area contributed by atoms with Crippen LogP contribution in [0.15, 0.2) is 18.2 Å². The summed E-state index contributed by atoms with van der Waals surface area (Å²) in [5, 5.41) is 0. The molecule has 0 atom stereocenters. The highest BCUT2D eigenvalue weighted by Gasteiger charge is 2.23. The molecule has 23 heavy (non-hydrogen) atoms. The third kappa shape index (κ3) is 5.25. The average Bonchev–Trinajstić information content (AvgIpc) is 2.57. The normalized spacial score (nSPS) is 15.9. The van der Waals surface area contributed by atoms with Crippen molar-refractivity contribution in [3.8, 4) is 0 Å². The number of amides is 1. The van der Waals surface area contributed by atoms with Gasteiger partial charge in [0.2, 0.25) is 5.91 Å². The Morgan fingerprint density at radius 1 is 1.30 bits per heavy atom. The molecule has 1 aliphatic rings. The molecule has 128 valence electrons. The fraction of sp³-hybridized carbons (Fsp3) is 0.588. The summed E-state index contributed by atoms with van der Waals surface area (Å²) in [7, 11) is 0. The van der Waals surface area contributed by atoms with Crippen LogP contribution in [0.2, 0.25) is 0 Å². The van der Waals surface area contributed by atoms with Gasteiger partial charge in [0.25, 0.3) is 0 Å². The molecular weight excluding hydrogens is 302 g/mol. The van der Waals surface area contributed by atoms with Crippen molar-refractivity contribution in [1.82, 2.24) is 4.90 Å². The molecule has 0 aliphatic carbocycles. The number of carbonyl (C=O) groups excluding carboxylic acids is 1. The molecular formula is C17H24F2N2O2. The molecule has 6 heteroatoms. The maximum atomic E-state index is 13.6. The first-order chi connectivity index (χ1) is 11.1. The molecule has 0 spiro atoms. The Hall–Kier alpha value is -1.53. The Morgan fingerprint density at radius 2 is 2.04 bits per heavy atom. The van der Waals surface area contributed by atoms with E-state index < -0.39 is 11.6 Å². The van der Waals surface area contributed by atoms with Gasteiger partial charge in [0, 0.05) is 26.1 Å². The number of halogens is 2. The molecule has 1 aliphatic heterocycles. The molecule has 2 N–H and O–H groups in total. The number of aryl methyl sites for hydroxylation is 1. The zero-order valence-electron chi connectivity index (χ0n) is 13.3. The zero-order valence-corrected chi connectivity index (χ0v) is 13.3. The van der Waals surface area contributed by atoms with Crippen molar-refractivity contribution in [3.05, 3.63) is 35.4 Å². The summed E-state index contributed by atoms with van der Waals surface area (Å²) in [6.45, 7) is 2.58. The predicted octanol–water partition coefficient (Wildman–Crippen LogP) is 2.25. The second-order valence-corrected chi connectivity index (χ2v) is 5.81. The number of benzene rings is 1. The van der Waals surface area contributed by atoms with Gasteiger partial charge in [-0.1, -0.05) is 12.1 Å². The zero-order chi connectivity index (χ0) is 16.7. The van der Waals surface area contributed by atoms with Gasteiger partial charge in [-0.3, -0.25) is 4.79 Å². The highest BCUT2D eigenvalue weighted by atomic mass is 19.2. The predicted molar refractivity (Wildman–Crippen MR) is 83.9 cm³/mol. The SMILES string of the molecule is NCCCOC1CCN(C(=O)CCc2cccc(F)c2F)CC1. The molecule has 0 radical (unpaired) electrons. The van der Waals surface area contributed by atoms with Crippen molar-refractivity contribution in [2.24, 2.45) is 5.73 Å². The topological polar surface area (TPSA) is 55.6 Å². The van der Waals surface area contributed by atoms with Crippen LogP contribution < -0.4 is 5.73 Å². The summed E-state index contributed by atoms with van der Waals surface area (Å²) in [5.41, 5.74) is 5.67. The van der Waals surface area contributed by atoms with Crippen LogP contribution in [0.4, 0.5) is 8.78 Å². The first-order valence-corrected chi connectivity index (χ1v) is 8.14. The molecule has 2 rings (SSSR count). The second kappa shape index (κ2) is 8.93. The van der Waals surface area contributed by atoms with Crippen molar-refractivity contribution >= 4 is 5.91 Å². The lowest BCUT2D eigenvalue weighted by atomic mass is 10.1. The van der Waals surface area contributed by atoms with Crippen LogP contribution in [0.3, 0.4) is 0 Å². The van der Waals surface area contributed by atoms with Gasteiger partial charge in [0.15, 0.2) is 11.6 Å². The summed E-state index contributed by atoms with van der Waals surface area (Å²) < 4.78 is 32.4. The Kier molecular flexibility index (Phi) is 6.92. The van der Waals surface area contributed by atoms with Crippen LogP contribution in [-0.2, 0) is 16.0 Å². The van der Waals surface area contributed by atoms with Gasteiger partial charge in [-0.25, -0.2) is 8.78 Å². The number of nitrogens with zero attached hydrogens (tertiary/aromatic N) is 1. The van der Waals surface area contributed by atoms with Crippen LogP contribution in [-0.4, -0.2) is 43.2 Å². The average molecular weight is 326 g/mol. The van der Waals surface area contributed by atoms with E-state index in [-0.39, 0.29) is 30.4 Å². The number of rotatable bonds is 7. The molecule has 0 unspecified atom stereocenters. The number of likely N-dealkylation sites (tertiary alicyclic amines) is 1. The summed E-state index contributed by atoms with van der Waals surface area (Å²) >= 11 is 0. The third-order valence-electron chi connectivity index (χ3n) is 4.14. The van der Waals surface area contributed by atoms with Gasteiger partial charge in [-0.2, -0.15) is 0 Å². The van der Waals surface area contributed by atoms with E-state index in [0.717, 1.165) is 25.3 Å². The van der Waals surface area contributed by atoms with Gasteiger partial charge in [-0.15, -0.1) is 0 Å². The highest BCUT2D eigenvalue weighted by Crippen LogP contribution is 2.17. The fourth-order valence-electron chi connectivity index (χ4n) is 2.75. The van der Waals surface area contributed by atoms with E-state index in [2.05, 4.69) is 0 Å². The number of carbonyl (C=O) groups is 1. The maximum absolute atomic E-state index is 13.6. The third-order valence-corrected chi connectivity index (χ3v) is 4.14. The van der Waals surface area contributed by atoms with Crippen molar-refractivity contribution in [3.63, 3.8) is 0 Å². The van der Waals surface area contributed by atoms with E-state index in [1.165, 1.54) is 12.1 Å². The van der Waals surface area contributed by atoms with Crippen molar-refractivity contribution in [2.45, 2.75) is 38.2 Å². The highest BCUT2D eigenvalue weighted by molar-refractivity contribution is 5.76. The minimum Gasteiger partial charge on any atom is -0.378 e. The standard InChI is InChI=1S/C17H24F2N2O2/c18-15-4-1-3-13(17(15)19)5-6-16(22)21-10-7-14(8-11-21)23-12-2-9-20/h1,3-4,14H,2,5-12,20H2. The summed E-state index contributed by atoms with van der Waals surface area (Å²) in [6, 6.07) is 4.06. The molecule has 4 nitrogen and oxygen atoms in total. The quantitative estimate of drug-likeness (QED) is 0.782. The lowest BCUT2D eigenvalue weighted by Crippen LogP contribution is -2.41. The Bertz CT molecular complexity index is 517. The summed E-state index contributed by atoms with van der Waals surface area (Å²) in [4.78, 5) is 14.0. The number of nitrogens with two attached hydrogens (primary N) is 1. The smallest absolute Gasteiger partial charge is 0.222 e. The Balaban J connectivity index is 1.74. The molecule has 1 amide bonds. The minimum absolute atomic E-state index is 0.0194. The number of hydrogen-bond acceptors (Lipinski definition) is 3. The molecule has 1 heterocycles. The molecule has 1 aromatic rings. The monoisotopic (exact) mass is 326 g/mol.